The van der Waals surface area contributed by atoms with Crippen molar-refractivity contribution in [3.63, 3.8) is 0 Å². The highest BCUT2D eigenvalue weighted by Gasteiger charge is 2.10. The summed E-state index contributed by atoms with van der Waals surface area (Å²) < 4.78 is 0. The standard InChI is InChI=1S/C23H30N6/c1-24-23(26-14-18-10-12-19(13-11-18)16-28(2)3)29(4)17-22-25-15-21(27-22)20-8-6-5-7-9-20/h5-13,15H,14,16-17H2,1-4H3,(H,24,26)(H,25,27). The van der Waals surface area contributed by atoms with Crippen LogP contribution in [-0.2, 0) is 19.6 Å². The van der Waals surface area contributed by atoms with Gasteiger partial charge in [-0.05, 0) is 30.8 Å². The third kappa shape index (κ3) is 5.93. The van der Waals surface area contributed by atoms with Crippen LogP contribution in [-0.4, -0.2) is 53.9 Å². The second-order valence-corrected chi connectivity index (χ2v) is 7.42. The van der Waals surface area contributed by atoms with E-state index < -0.39 is 0 Å². The molecule has 3 aromatic rings. The van der Waals surface area contributed by atoms with E-state index in [9.17, 15) is 0 Å². The van der Waals surface area contributed by atoms with Crippen molar-refractivity contribution >= 4 is 5.96 Å². The molecular weight excluding hydrogens is 360 g/mol. The fourth-order valence-electron chi connectivity index (χ4n) is 3.20. The Labute approximate surface area is 173 Å². The van der Waals surface area contributed by atoms with Crippen molar-refractivity contribution in [1.82, 2.24) is 25.1 Å². The summed E-state index contributed by atoms with van der Waals surface area (Å²) >= 11 is 0. The molecule has 152 valence electrons. The van der Waals surface area contributed by atoms with Crippen molar-refractivity contribution in [2.24, 2.45) is 4.99 Å². The SMILES string of the molecule is CN=C(NCc1ccc(CN(C)C)cc1)N(C)Cc1ncc(-c2ccccc2)[nH]1. The van der Waals surface area contributed by atoms with Gasteiger partial charge in [0.25, 0.3) is 0 Å². The van der Waals surface area contributed by atoms with Gasteiger partial charge in [0.1, 0.15) is 5.82 Å². The Morgan fingerprint density at radius 3 is 2.31 bits per heavy atom. The molecule has 3 rings (SSSR count). The number of H-pyrrole nitrogens is 1. The molecule has 0 unspecified atom stereocenters. The van der Waals surface area contributed by atoms with Gasteiger partial charge in [-0.25, -0.2) is 4.98 Å². The van der Waals surface area contributed by atoms with E-state index in [1.54, 1.807) is 7.05 Å². The lowest BCUT2D eigenvalue weighted by atomic mass is 10.1. The van der Waals surface area contributed by atoms with Crippen LogP contribution in [0.25, 0.3) is 11.3 Å². The molecule has 0 bridgehead atoms. The van der Waals surface area contributed by atoms with E-state index >= 15 is 0 Å². The molecule has 0 saturated heterocycles. The van der Waals surface area contributed by atoms with Gasteiger partial charge in [-0.3, -0.25) is 4.99 Å². The Bertz CT molecular complexity index is 912. The zero-order valence-corrected chi connectivity index (χ0v) is 17.7. The van der Waals surface area contributed by atoms with Crippen LogP contribution in [0.4, 0.5) is 0 Å². The quantitative estimate of drug-likeness (QED) is 0.480. The maximum absolute atomic E-state index is 4.52. The molecule has 0 atom stereocenters. The van der Waals surface area contributed by atoms with E-state index in [2.05, 4.69) is 80.6 Å². The first kappa shape index (κ1) is 20.6. The van der Waals surface area contributed by atoms with E-state index in [0.717, 1.165) is 36.1 Å². The Morgan fingerprint density at radius 2 is 1.66 bits per heavy atom. The molecule has 0 spiro atoms. The fourth-order valence-corrected chi connectivity index (χ4v) is 3.20. The molecule has 0 aliphatic rings. The first-order valence-electron chi connectivity index (χ1n) is 9.79. The van der Waals surface area contributed by atoms with Gasteiger partial charge in [-0.15, -0.1) is 0 Å². The Hall–Kier alpha value is -3.12. The van der Waals surface area contributed by atoms with Gasteiger partial charge in [0.15, 0.2) is 5.96 Å². The van der Waals surface area contributed by atoms with Crippen LogP contribution >= 0.6 is 0 Å². The van der Waals surface area contributed by atoms with Gasteiger partial charge in [0.05, 0.1) is 18.4 Å². The molecule has 0 radical (unpaired) electrons. The smallest absolute Gasteiger partial charge is 0.194 e. The summed E-state index contributed by atoms with van der Waals surface area (Å²) in [6, 6.07) is 18.9. The number of aromatic amines is 1. The van der Waals surface area contributed by atoms with Crippen LogP contribution in [0.1, 0.15) is 17.0 Å². The summed E-state index contributed by atoms with van der Waals surface area (Å²) in [5, 5.41) is 3.43. The van der Waals surface area contributed by atoms with Gasteiger partial charge >= 0.3 is 0 Å². The summed E-state index contributed by atoms with van der Waals surface area (Å²) in [7, 11) is 7.98. The number of aliphatic imine (C=N–C) groups is 1. The summed E-state index contributed by atoms with van der Waals surface area (Å²) in [5.41, 5.74) is 4.70. The average molecular weight is 391 g/mol. The normalized spacial score (nSPS) is 11.7. The second-order valence-electron chi connectivity index (χ2n) is 7.42. The molecule has 0 aliphatic carbocycles. The second kappa shape index (κ2) is 9.89. The van der Waals surface area contributed by atoms with Crippen LogP contribution in [0, 0.1) is 0 Å². The Morgan fingerprint density at radius 1 is 0.966 bits per heavy atom. The summed E-state index contributed by atoms with van der Waals surface area (Å²) in [6.45, 7) is 2.33. The molecule has 2 N–H and O–H groups in total. The molecule has 0 amide bonds. The van der Waals surface area contributed by atoms with E-state index in [1.807, 2.05) is 31.4 Å². The lowest BCUT2D eigenvalue weighted by molar-refractivity contribution is 0.402. The molecule has 0 aliphatic heterocycles. The number of guanidine groups is 1. The maximum atomic E-state index is 4.52. The van der Waals surface area contributed by atoms with Crippen LogP contribution in [0.5, 0.6) is 0 Å². The largest absolute Gasteiger partial charge is 0.352 e. The summed E-state index contributed by atoms with van der Waals surface area (Å²) in [5.74, 6) is 1.74. The molecule has 0 saturated carbocycles. The van der Waals surface area contributed by atoms with Crippen molar-refractivity contribution in [3.8, 4) is 11.3 Å². The van der Waals surface area contributed by atoms with Crippen LogP contribution in [0.2, 0.25) is 0 Å². The predicted octanol–water partition coefficient (Wildman–Crippen LogP) is 3.35. The molecule has 1 heterocycles. The monoisotopic (exact) mass is 390 g/mol. The van der Waals surface area contributed by atoms with E-state index in [-0.39, 0.29) is 0 Å². The lowest BCUT2D eigenvalue weighted by Crippen LogP contribution is -2.38. The minimum atomic E-state index is 0.647. The predicted molar refractivity (Wildman–Crippen MR) is 120 cm³/mol. The van der Waals surface area contributed by atoms with E-state index in [0.29, 0.717) is 6.54 Å². The highest BCUT2D eigenvalue weighted by atomic mass is 15.3. The summed E-state index contributed by atoms with van der Waals surface area (Å²) in [6.07, 6.45) is 1.88. The van der Waals surface area contributed by atoms with Crippen molar-refractivity contribution in [3.05, 3.63) is 77.7 Å². The Kier molecular flexibility index (Phi) is 7.03. The highest BCUT2D eigenvalue weighted by Crippen LogP contribution is 2.16. The van der Waals surface area contributed by atoms with Crippen molar-refractivity contribution in [2.75, 3.05) is 28.2 Å². The zero-order valence-electron chi connectivity index (χ0n) is 17.7. The number of nitrogens with zero attached hydrogens (tertiary/aromatic N) is 4. The van der Waals surface area contributed by atoms with Crippen molar-refractivity contribution < 1.29 is 0 Å². The molecule has 0 fully saturated rings. The maximum Gasteiger partial charge on any atom is 0.194 e. The van der Waals surface area contributed by atoms with Gasteiger partial charge in [-0.1, -0.05) is 54.6 Å². The number of rotatable bonds is 7. The molecule has 2 aromatic carbocycles. The van der Waals surface area contributed by atoms with E-state index in [4.69, 9.17) is 0 Å². The Balaban J connectivity index is 1.55. The topological polar surface area (TPSA) is 59.6 Å². The lowest BCUT2D eigenvalue weighted by Gasteiger charge is -2.21. The van der Waals surface area contributed by atoms with Gasteiger partial charge in [0.2, 0.25) is 0 Å². The van der Waals surface area contributed by atoms with Gasteiger partial charge in [-0.2, -0.15) is 0 Å². The number of hydrogen-bond acceptors (Lipinski definition) is 3. The fraction of sp³-hybridized carbons (Fsp3) is 0.304. The van der Waals surface area contributed by atoms with Crippen LogP contribution < -0.4 is 5.32 Å². The van der Waals surface area contributed by atoms with Gasteiger partial charge in [0, 0.05) is 27.2 Å². The minimum Gasteiger partial charge on any atom is -0.352 e. The van der Waals surface area contributed by atoms with Crippen molar-refractivity contribution in [1.29, 1.82) is 0 Å². The van der Waals surface area contributed by atoms with Gasteiger partial charge < -0.3 is 20.1 Å². The number of hydrogen-bond donors (Lipinski definition) is 2. The highest BCUT2D eigenvalue weighted by molar-refractivity contribution is 5.79. The van der Waals surface area contributed by atoms with Crippen LogP contribution in [0.15, 0.2) is 65.8 Å². The van der Waals surface area contributed by atoms with Crippen molar-refractivity contribution in [2.45, 2.75) is 19.6 Å². The molecular formula is C23H30N6. The average Bonchev–Trinajstić information content (AvgIpc) is 3.18. The first-order valence-corrected chi connectivity index (χ1v) is 9.79. The first-order chi connectivity index (χ1) is 14.0. The zero-order chi connectivity index (χ0) is 20.6. The number of nitrogens with one attached hydrogen (secondary N) is 2. The number of aromatic nitrogens is 2. The third-order valence-corrected chi connectivity index (χ3v) is 4.65. The molecule has 6 nitrogen and oxygen atoms in total. The summed E-state index contributed by atoms with van der Waals surface area (Å²) in [4.78, 5) is 16.5. The number of imidazole rings is 1. The molecule has 1 aromatic heterocycles. The molecule has 6 heteroatoms. The van der Waals surface area contributed by atoms with Crippen LogP contribution in [0.3, 0.4) is 0 Å². The van der Waals surface area contributed by atoms with E-state index in [1.165, 1.54) is 11.1 Å². The number of benzene rings is 2. The molecule has 29 heavy (non-hydrogen) atoms. The minimum absolute atomic E-state index is 0.647. The third-order valence-electron chi connectivity index (χ3n) is 4.65.